The zero-order valence-corrected chi connectivity index (χ0v) is 17.0. The fourth-order valence-corrected chi connectivity index (χ4v) is 3.13. The minimum Gasteiger partial charge on any atom is -0.493 e. The van der Waals surface area contributed by atoms with Gasteiger partial charge in [-0.15, -0.1) is 0 Å². The molecule has 1 aromatic carbocycles. The van der Waals surface area contributed by atoms with Crippen LogP contribution in [0.3, 0.4) is 0 Å². The number of carbonyl (C=O) groups excluding carboxylic acids is 1. The van der Waals surface area contributed by atoms with Gasteiger partial charge in [0.05, 0.1) is 26.2 Å². The number of furan rings is 1. The standard InChI is InChI=1S/C22H25N3O4/c1-15-12-16(2)25(24-15)18(19-6-5-11-29-19)14-23-22(26)10-8-17-7-9-20(27-3)21(13-17)28-4/h5-13,18H,14H2,1-4H3,(H,23,26)/b10-8+. The second kappa shape index (κ2) is 9.14. The summed E-state index contributed by atoms with van der Waals surface area (Å²) in [6, 6.07) is 10.9. The Bertz CT molecular complexity index is 990. The van der Waals surface area contributed by atoms with Crippen molar-refractivity contribution in [3.63, 3.8) is 0 Å². The van der Waals surface area contributed by atoms with Gasteiger partial charge in [-0.2, -0.15) is 5.10 Å². The van der Waals surface area contributed by atoms with E-state index in [1.54, 1.807) is 32.6 Å². The van der Waals surface area contributed by atoms with E-state index in [0.717, 1.165) is 22.7 Å². The highest BCUT2D eigenvalue weighted by molar-refractivity contribution is 5.91. The van der Waals surface area contributed by atoms with Crippen LogP contribution >= 0.6 is 0 Å². The average molecular weight is 395 g/mol. The lowest BCUT2D eigenvalue weighted by Crippen LogP contribution is -2.31. The Kier molecular flexibility index (Phi) is 6.39. The number of hydrogen-bond donors (Lipinski definition) is 1. The van der Waals surface area contributed by atoms with Crippen LogP contribution in [-0.4, -0.2) is 36.5 Å². The molecule has 0 saturated heterocycles. The molecular formula is C22H25N3O4. The van der Waals surface area contributed by atoms with Crippen LogP contribution in [0.5, 0.6) is 11.5 Å². The predicted molar refractivity (Wildman–Crippen MR) is 110 cm³/mol. The Balaban J connectivity index is 1.69. The molecular weight excluding hydrogens is 370 g/mol. The summed E-state index contributed by atoms with van der Waals surface area (Å²) < 4.78 is 17.9. The van der Waals surface area contributed by atoms with E-state index >= 15 is 0 Å². The Morgan fingerprint density at radius 3 is 2.62 bits per heavy atom. The number of aromatic nitrogens is 2. The van der Waals surface area contributed by atoms with Crippen LogP contribution in [0.15, 0.2) is 53.2 Å². The zero-order valence-electron chi connectivity index (χ0n) is 17.0. The second-order valence-electron chi connectivity index (χ2n) is 6.60. The Labute approximate surface area is 169 Å². The number of hydrogen-bond acceptors (Lipinski definition) is 5. The molecule has 0 radical (unpaired) electrons. The average Bonchev–Trinajstić information content (AvgIpc) is 3.36. The van der Waals surface area contributed by atoms with E-state index < -0.39 is 0 Å². The van der Waals surface area contributed by atoms with E-state index in [0.29, 0.717) is 18.0 Å². The topological polar surface area (TPSA) is 78.5 Å². The fourth-order valence-electron chi connectivity index (χ4n) is 3.13. The molecule has 3 aromatic rings. The van der Waals surface area contributed by atoms with E-state index in [4.69, 9.17) is 13.9 Å². The number of nitrogens with one attached hydrogen (secondary N) is 1. The van der Waals surface area contributed by atoms with Crippen LogP contribution in [0.1, 0.15) is 28.8 Å². The maximum Gasteiger partial charge on any atom is 0.244 e. The summed E-state index contributed by atoms with van der Waals surface area (Å²) in [5.41, 5.74) is 2.75. The van der Waals surface area contributed by atoms with E-state index in [-0.39, 0.29) is 11.9 Å². The minimum atomic E-state index is -0.225. The van der Waals surface area contributed by atoms with E-state index in [9.17, 15) is 4.79 Å². The molecule has 2 heterocycles. The van der Waals surface area contributed by atoms with Gasteiger partial charge in [0.1, 0.15) is 11.8 Å². The summed E-state index contributed by atoms with van der Waals surface area (Å²) in [6.07, 6.45) is 4.83. The number of ether oxygens (including phenoxy) is 2. The first-order valence-corrected chi connectivity index (χ1v) is 9.26. The van der Waals surface area contributed by atoms with Crippen LogP contribution in [0, 0.1) is 13.8 Å². The number of amides is 1. The lowest BCUT2D eigenvalue weighted by atomic mass is 10.2. The molecule has 1 N–H and O–H groups in total. The monoisotopic (exact) mass is 395 g/mol. The molecule has 2 aromatic heterocycles. The van der Waals surface area contributed by atoms with Gasteiger partial charge in [-0.05, 0) is 55.8 Å². The molecule has 0 aliphatic rings. The number of carbonyl (C=O) groups is 1. The molecule has 0 spiro atoms. The number of nitrogens with zero attached hydrogens (tertiary/aromatic N) is 2. The molecule has 152 valence electrons. The smallest absolute Gasteiger partial charge is 0.244 e. The van der Waals surface area contributed by atoms with Crippen molar-refractivity contribution in [1.29, 1.82) is 0 Å². The summed E-state index contributed by atoms with van der Waals surface area (Å²) >= 11 is 0. The third-order valence-corrected chi connectivity index (χ3v) is 4.52. The van der Waals surface area contributed by atoms with Gasteiger partial charge in [-0.1, -0.05) is 6.07 Å². The molecule has 7 heteroatoms. The van der Waals surface area contributed by atoms with Gasteiger partial charge >= 0.3 is 0 Å². The van der Waals surface area contributed by atoms with Crippen molar-refractivity contribution < 1.29 is 18.7 Å². The van der Waals surface area contributed by atoms with Crippen LogP contribution in [-0.2, 0) is 4.79 Å². The minimum absolute atomic E-state index is 0.210. The molecule has 1 atom stereocenters. The molecule has 0 aliphatic heterocycles. The van der Waals surface area contributed by atoms with Gasteiger partial charge in [0.2, 0.25) is 5.91 Å². The first kappa shape index (κ1) is 20.3. The van der Waals surface area contributed by atoms with Crippen molar-refractivity contribution in [3.8, 4) is 11.5 Å². The summed E-state index contributed by atoms with van der Waals surface area (Å²) in [5, 5.41) is 7.46. The van der Waals surface area contributed by atoms with Crippen LogP contribution < -0.4 is 14.8 Å². The second-order valence-corrected chi connectivity index (χ2v) is 6.60. The maximum absolute atomic E-state index is 12.4. The van der Waals surface area contributed by atoms with Gasteiger partial charge < -0.3 is 19.2 Å². The molecule has 7 nitrogen and oxygen atoms in total. The predicted octanol–water partition coefficient (Wildman–Crippen LogP) is 3.53. The van der Waals surface area contributed by atoms with Crippen molar-refractivity contribution in [3.05, 3.63) is 71.4 Å². The van der Waals surface area contributed by atoms with E-state index in [2.05, 4.69) is 10.4 Å². The maximum atomic E-state index is 12.4. The quantitative estimate of drug-likeness (QED) is 0.591. The third-order valence-electron chi connectivity index (χ3n) is 4.52. The Morgan fingerprint density at radius 2 is 2.00 bits per heavy atom. The molecule has 0 fully saturated rings. The van der Waals surface area contributed by atoms with Gasteiger partial charge in [-0.25, -0.2) is 0 Å². The highest BCUT2D eigenvalue weighted by Gasteiger charge is 2.20. The van der Waals surface area contributed by atoms with E-state index in [1.165, 1.54) is 6.08 Å². The zero-order chi connectivity index (χ0) is 20.8. The number of aryl methyl sites for hydroxylation is 2. The lowest BCUT2D eigenvalue weighted by molar-refractivity contribution is -0.116. The summed E-state index contributed by atoms with van der Waals surface area (Å²) in [6.45, 7) is 4.27. The van der Waals surface area contributed by atoms with Gasteiger partial charge in [0, 0.05) is 18.3 Å². The fraction of sp³-hybridized carbons (Fsp3) is 0.273. The van der Waals surface area contributed by atoms with Gasteiger partial charge in [0.25, 0.3) is 0 Å². The number of rotatable bonds is 8. The summed E-state index contributed by atoms with van der Waals surface area (Å²) in [4.78, 5) is 12.4. The molecule has 1 unspecified atom stereocenters. The van der Waals surface area contributed by atoms with Crippen molar-refractivity contribution in [1.82, 2.24) is 15.1 Å². The SMILES string of the molecule is COc1ccc(/C=C/C(=O)NCC(c2ccco2)n2nc(C)cc2C)cc1OC. The first-order chi connectivity index (χ1) is 14.0. The van der Waals surface area contributed by atoms with Crippen LogP contribution in [0.2, 0.25) is 0 Å². The first-order valence-electron chi connectivity index (χ1n) is 9.26. The Morgan fingerprint density at radius 1 is 1.21 bits per heavy atom. The number of methoxy groups -OCH3 is 2. The highest BCUT2D eigenvalue weighted by Crippen LogP contribution is 2.28. The third kappa shape index (κ3) is 4.87. The molecule has 0 bridgehead atoms. The van der Waals surface area contributed by atoms with Crippen LogP contribution in [0.4, 0.5) is 0 Å². The van der Waals surface area contributed by atoms with E-state index in [1.807, 2.05) is 48.9 Å². The highest BCUT2D eigenvalue weighted by atomic mass is 16.5. The molecule has 3 rings (SSSR count). The summed E-state index contributed by atoms with van der Waals surface area (Å²) in [7, 11) is 3.16. The molecule has 0 aliphatic carbocycles. The van der Waals surface area contributed by atoms with Crippen molar-refractivity contribution in [2.45, 2.75) is 19.9 Å². The molecule has 0 saturated carbocycles. The molecule has 29 heavy (non-hydrogen) atoms. The largest absolute Gasteiger partial charge is 0.493 e. The normalized spacial score (nSPS) is 12.1. The lowest BCUT2D eigenvalue weighted by Gasteiger charge is -2.17. The van der Waals surface area contributed by atoms with Crippen LogP contribution in [0.25, 0.3) is 6.08 Å². The number of benzene rings is 1. The van der Waals surface area contributed by atoms with Crippen molar-refractivity contribution in [2.75, 3.05) is 20.8 Å². The Hall–Kier alpha value is -3.48. The summed E-state index contributed by atoms with van der Waals surface area (Å²) in [5.74, 6) is 1.77. The van der Waals surface area contributed by atoms with Gasteiger partial charge in [-0.3, -0.25) is 9.48 Å². The van der Waals surface area contributed by atoms with Crippen molar-refractivity contribution in [2.24, 2.45) is 0 Å². The van der Waals surface area contributed by atoms with Gasteiger partial charge in [0.15, 0.2) is 11.5 Å². The molecule has 1 amide bonds. The van der Waals surface area contributed by atoms with Crippen molar-refractivity contribution >= 4 is 12.0 Å².